The molecule has 2 aromatic carbocycles. The van der Waals surface area contributed by atoms with E-state index in [1.807, 2.05) is 6.92 Å². The molecule has 0 aromatic heterocycles. The van der Waals surface area contributed by atoms with Crippen molar-refractivity contribution >= 4 is 11.6 Å². The molecule has 0 spiro atoms. The van der Waals surface area contributed by atoms with Gasteiger partial charge in [0.1, 0.15) is 11.5 Å². The Labute approximate surface area is 111 Å². The maximum atomic E-state index is 12.3. The van der Waals surface area contributed by atoms with Crippen molar-refractivity contribution in [2.75, 3.05) is 11.9 Å². The van der Waals surface area contributed by atoms with Gasteiger partial charge in [0.25, 0.3) is 5.91 Å². The average molecular weight is 257 g/mol. The molecule has 2 aromatic rings. The van der Waals surface area contributed by atoms with E-state index in [4.69, 9.17) is 0 Å². The Morgan fingerprint density at radius 2 is 1.84 bits per heavy atom. The van der Waals surface area contributed by atoms with Crippen LogP contribution in [0.25, 0.3) is 0 Å². The molecule has 0 atom stereocenters. The van der Waals surface area contributed by atoms with Crippen LogP contribution < -0.4 is 4.90 Å². The van der Waals surface area contributed by atoms with Gasteiger partial charge in [-0.25, -0.2) is 0 Å². The van der Waals surface area contributed by atoms with E-state index in [2.05, 4.69) is 0 Å². The lowest BCUT2D eigenvalue weighted by Crippen LogP contribution is -2.26. The molecule has 0 bridgehead atoms. The van der Waals surface area contributed by atoms with Crippen LogP contribution in [0.4, 0.5) is 5.69 Å². The molecule has 2 N–H and O–H groups in total. The summed E-state index contributed by atoms with van der Waals surface area (Å²) in [7, 11) is 1.59. The lowest BCUT2D eigenvalue weighted by Gasteiger charge is -2.18. The fraction of sp³-hybridized carbons (Fsp3) is 0.133. The van der Waals surface area contributed by atoms with E-state index in [1.165, 1.54) is 17.0 Å². The van der Waals surface area contributed by atoms with Crippen LogP contribution in [0.5, 0.6) is 11.5 Å². The van der Waals surface area contributed by atoms with Crippen LogP contribution in [0.3, 0.4) is 0 Å². The molecule has 0 saturated carbocycles. The summed E-state index contributed by atoms with van der Waals surface area (Å²) in [6.45, 7) is 1.84. The number of carbonyl (C=O) groups is 1. The monoisotopic (exact) mass is 257 g/mol. The van der Waals surface area contributed by atoms with Crippen LogP contribution in [0.2, 0.25) is 0 Å². The zero-order chi connectivity index (χ0) is 14.0. The fourth-order valence-electron chi connectivity index (χ4n) is 1.82. The predicted molar refractivity (Wildman–Crippen MR) is 73.7 cm³/mol. The van der Waals surface area contributed by atoms with Gasteiger partial charge in [-0.05, 0) is 36.8 Å². The van der Waals surface area contributed by atoms with E-state index in [-0.39, 0.29) is 23.0 Å². The summed E-state index contributed by atoms with van der Waals surface area (Å²) >= 11 is 0. The van der Waals surface area contributed by atoms with E-state index < -0.39 is 0 Å². The van der Waals surface area contributed by atoms with E-state index in [0.29, 0.717) is 5.69 Å². The van der Waals surface area contributed by atoms with E-state index >= 15 is 0 Å². The molecule has 0 aliphatic rings. The van der Waals surface area contributed by atoms with Gasteiger partial charge in [0.05, 0.1) is 5.56 Å². The van der Waals surface area contributed by atoms with Gasteiger partial charge in [0.2, 0.25) is 0 Å². The molecule has 0 unspecified atom stereocenters. The van der Waals surface area contributed by atoms with Crippen molar-refractivity contribution in [1.82, 2.24) is 0 Å². The summed E-state index contributed by atoms with van der Waals surface area (Å²) in [5.74, 6) is -0.287. The second kappa shape index (κ2) is 5.02. The Morgan fingerprint density at radius 1 is 1.11 bits per heavy atom. The van der Waals surface area contributed by atoms with Gasteiger partial charge < -0.3 is 15.1 Å². The highest BCUT2D eigenvalue weighted by atomic mass is 16.3. The first-order chi connectivity index (χ1) is 8.99. The molecule has 0 aliphatic carbocycles. The highest BCUT2D eigenvalue weighted by Gasteiger charge is 2.17. The van der Waals surface area contributed by atoms with Gasteiger partial charge in [0.15, 0.2) is 0 Å². The van der Waals surface area contributed by atoms with Crippen molar-refractivity contribution in [3.63, 3.8) is 0 Å². The van der Waals surface area contributed by atoms with E-state index in [1.54, 1.807) is 37.4 Å². The predicted octanol–water partition coefficient (Wildman–Crippen LogP) is 2.68. The first kappa shape index (κ1) is 13.0. The standard InChI is InChI=1S/C15H15NO3/c1-10-6-7-13(14(18)8-10)15(19)16(2)11-4-3-5-12(17)9-11/h3-9,17-18H,1-2H3. The number of anilines is 1. The maximum Gasteiger partial charge on any atom is 0.261 e. The highest BCUT2D eigenvalue weighted by Crippen LogP contribution is 2.24. The molecule has 19 heavy (non-hydrogen) atoms. The smallest absolute Gasteiger partial charge is 0.261 e. The van der Waals surface area contributed by atoms with Gasteiger partial charge in [-0.3, -0.25) is 4.79 Å². The summed E-state index contributed by atoms with van der Waals surface area (Å²) in [5, 5.41) is 19.2. The van der Waals surface area contributed by atoms with Crippen LogP contribution in [-0.4, -0.2) is 23.2 Å². The van der Waals surface area contributed by atoms with Crippen molar-refractivity contribution in [2.24, 2.45) is 0 Å². The topological polar surface area (TPSA) is 60.8 Å². The Balaban J connectivity index is 2.33. The van der Waals surface area contributed by atoms with Crippen LogP contribution in [0.1, 0.15) is 15.9 Å². The Kier molecular flexibility index (Phi) is 3.42. The number of amides is 1. The first-order valence-corrected chi connectivity index (χ1v) is 5.86. The molecule has 0 radical (unpaired) electrons. The van der Waals surface area contributed by atoms with Crippen molar-refractivity contribution in [1.29, 1.82) is 0 Å². The van der Waals surface area contributed by atoms with Crippen LogP contribution >= 0.6 is 0 Å². The number of hydrogen-bond donors (Lipinski definition) is 2. The van der Waals surface area contributed by atoms with Gasteiger partial charge in [-0.15, -0.1) is 0 Å². The summed E-state index contributed by atoms with van der Waals surface area (Å²) in [5.41, 5.74) is 1.68. The van der Waals surface area contributed by atoms with Crippen LogP contribution in [0, 0.1) is 6.92 Å². The largest absolute Gasteiger partial charge is 0.508 e. The second-order valence-corrected chi connectivity index (χ2v) is 4.40. The summed E-state index contributed by atoms with van der Waals surface area (Å²) in [6.07, 6.45) is 0. The summed E-state index contributed by atoms with van der Waals surface area (Å²) in [4.78, 5) is 13.7. The molecule has 1 amide bonds. The minimum Gasteiger partial charge on any atom is -0.508 e. The SMILES string of the molecule is Cc1ccc(C(=O)N(C)c2cccc(O)c2)c(O)c1. The third-order valence-corrected chi connectivity index (χ3v) is 2.91. The van der Waals surface area contributed by atoms with Crippen molar-refractivity contribution in [2.45, 2.75) is 6.92 Å². The molecule has 0 fully saturated rings. The third-order valence-electron chi connectivity index (χ3n) is 2.91. The first-order valence-electron chi connectivity index (χ1n) is 5.86. The number of aryl methyl sites for hydroxylation is 1. The summed E-state index contributed by atoms with van der Waals surface area (Å²) in [6, 6.07) is 11.3. The minimum atomic E-state index is -0.330. The lowest BCUT2D eigenvalue weighted by atomic mass is 10.1. The molecular weight excluding hydrogens is 242 g/mol. The van der Waals surface area contributed by atoms with Crippen molar-refractivity contribution in [3.05, 3.63) is 53.6 Å². The quantitative estimate of drug-likeness (QED) is 0.869. The van der Waals surface area contributed by atoms with Crippen molar-refractivity contribution in [3.8, 4) is 11.5 Å². The number of hydrogen-bond acceptors (Lipinski definition) is 3. The van der Waals surface area contributed by atoms with Crippen LogP contribution in [-0.2, 0) is 0 Å². The Hall–Kier alpha value is -2.49. The molecule has 4 heteroatoms. The lowest BCUT2D eigenvalue weighted by molar-refractivity contribution is 0.0990. The molecule has 0 heterocycles. The molecule has 4 nitrogen and oxygen atoms in total. The number of carbonyl (C=O) groups excluding carboxylic acids is 1. The number of phenols is 2. The molecule has 2 rings (SSSR count). The Bertz CT molecular complexity index is 623. The number of aromatic hydroxyl groups is 2. The number of nitrogens with zero attached hydrogens (tertiary/aromatic N) is 1. The number of rotatable bonds is 2. The van der Waals surface area contributed by atoms with Gasteiger partial charge in [0, 0.05) is 18.8 Å². The molecular formula is C15H15NO3. The fourth-order valence-corrected chi connectivity index (χ4v) is 1.82. The normalized spacial score (nSPS) is 10.2. The van der Waals surface area contributed by atoms with E-state index in [0.717, 1.165) is 5.56 Å². The average Bonchev–Trinajstić information content (AvgIpc) is 2.37. The van der Waals surface area contributed by atoms with Gasteiger partial charge in [-0.1, -0.05) is 12.1 Å². The molecule has 0 aliphatic heterocycles. The van der Waals surface area contributed by atoms with Gasteiger partial charge in [-0.2, -0.15) is 0 Å². The van der Waals surface area contributed by atoms with E-state index in [9.17, 15) is 15.0 Å². The minimum absolute atomic E-state index is 0.0444. The zero-order valence-electron chi connectivity index (χ0n) is 10.8. The number of benzene rings is 2. The zero-order valence-corrected chi connectivity index (χ0v) is 10.8. The summed E-state index contributed by atoms with van der Waals surface area (Å²) < 4.78 is 0. The van der Waals surface area contributed by atoms with Gasteiger partial charge >= 0.3 is 0 Å². The number of phenolic OH excluding ortho intramolecular Hbond substituents is 2. The van der Waals surface area contributed by atoms with Crippen molar-refractivity contribution < 1.29 is 15.0 Å². The third kappa shape index (κ3) is 2.68. The Morgan fingerprint density at radius 3 is 2.47 bits per heavy atom. The molecule has 0 saturated heterocycles. The second-order valence-electron chi connectivity index (χ2n) is 4.40. The maximum absolute atomic E-state index is 12.3. The van der Waals surface area contributed by atoms with Crippen LogP contribution in [0.15, 0.2) is 42.5 Å². The highest BCUT2D eigenvalue weighted by molar-refractivity contribution is 6.07. The molecule has 98 valence electrons.